The SMILES string of the molecule is CCCCCCCCCCCCCCCCCCCCCC(=O)OC1CC(C)(C)N(OCC(C)(C)OCCCCCCCCCCCCCCCCCC)C(C)(C)C1. The third kappa shape index (κ3) is 31.2. The molecule has 0 aliphatic carbocycles. The van der Waals surface area contributed by atoms with Gasteiger partial charge in [0.1, 0.15) is 6.10 Å². The lowest BCUT2D eigenvalue weighted by Gasteiger charge is -2.53. The Balaban J connectivity index is 2.07. The van der Waals surface area contributed by atoms with Gasteiger partial charge in [0.15, 0.2) is 0 Å². The molecule has 0 bridgehead atoms. The van der Waals surface area contributed by atoms with Gasteiger partial charge in [-0.15, -0.1) is 0 Å². The summed E-state index contributed by atoms with van der Waals surface area (Å²) < 4.78 is 12.4. The van der Waals surface area contributed by atoms with Crippen LogP contribution >= 0.6 is 0 Å². The van der Waals surface area contributed by atoms with Crippen molar-refractivity contribution in [2.75, 3.05) is 13.2 Å². The fourth-order valence-electron chi connectivity index (χ4n) is 9.46. The van der Waals surface area contributed by atoms with Crippen molar-refractivity contribution in [3.05, 3.63) is 0 Å². The third-order valence-electron chi connectivity index (χ3n) is 12.9. The molecule has 0 N–H and O–H groups in total. The Hall–Kier alpha value is -0.650. The molecule has 5 heteroatoms. The summed E-state index contributed by atoms with van der Waals surface area (Å²) in [7, 11) is 0. The maximum absolute atomic E-state index is 12.9. The summed E-state index contributed by atoms with van der Waals surface area (Å²) in [5, 5.41) is 2.17. The molecular formula is C53H105NO4. The first kappa shape index (κ1) is 55.4. The zero-order valence-corrected chi connectivity index (χ0v) is 40.9. The van der Waals surface area contributed by atoms with Crippen LogP contribution in [0.5, 0.6) is 0 Å². The van der Waals surface area contributed by atoms with Crippen LogP contribution in [0.4, 0.5) is 0 Å². The lowest BCUT2D eigenvalue weighted by Crippen LogP contribution is -2.62. The average Bonchev–Trinajstić information content (AvgIpc) is 3.16. The summed E-state index contributed by atoms with van der Waals surface area (Å²) in [6.07, 6.45) is 50.0. The molecule has 1 heterocycles. The molecule has 5 nitrogen and oxygen atoms in total. The molecule has 58 heavy (non-hydrogen) atoms. The van der Waals surface area contributed by atoms with Gasteiger partial charge in [0, 0.05) is 36.9 Å². The van der Waals surface area contributed by atoms with Crippen LogP contribution in [-0.2, 0) is 19.1 Å². The van der Waals surface area contributed by atoms with Crippen LogP contribution in [0.1, 0.15) is 299 Å². The molecule has 0 spiro atoms. The van der Waals surface area contributed by atoms with E-state index in [9.17, 15) is 4.79 Å². The van der Waals surface area contributed by atoms with Crippen LogP contribution < -0.4 is 0 Å². The molecule has 0 aromatic rings. The van der Waals surface area contributed by atoms with E-state index in [2.05, 4.69) is 60.5 Å². The predicted octanol–water partition coefficient (Wildman–Crippen LogP) is 17.4. The molecular weight excluding hydrogens is 715 g/mol. The first-order chi connectivity index (χ1) is 27.9. The van der Waals surface area contributed by atoms with Crippen molar-refractivity contribution in [2.24, 2.45) is 0 Å². The maximum Gasteiger partial charge on any atom is 0.306 e. The van der Waals surface area contributed by atoms with E-state index < -0.39 is 0 Å². The van der Waals surface area contributed by atoms with Gasteiger partial charge in [0.25, 0.3) is 0 Å². The monoisotopic (exact) mass is 820 g/mol. The number of carbonyl (C=O) groups excluding carboxylic acids is 1. The van der Waals surface area contributed by atoms with E-state index in [0.717, 1.165) is 38.7 Å². The van der Waals surface area contributed by atoms with Crippen LogP contribution in [-0.4, -0.2) is 47.0 Å². The van der Waals surface area contributed by atoms with Crippen molar-refractivity contribution in [3.8, 4) is 0 Å². The number of ether oxygens (including phenoxy) is 2. The lowest BCUT2D eigenvalue weighted by atomic mass is 9.80. The van der Waals surface area contributed by atoms with E-state index in [1.165, 1.54) is 205 Å². The van der Waals surface area contributed by atoms with Crippen LogP contribution in [0, 0.1) is 0 Å². The van der Waals surface area contributed by atoms with Crippen molar-refractivity contribution in [1.82, 2.24) is 5.06 Å². The Morgan fingerprint density at radius 1 is 0.483 bits per heavy atom. The van der Waals surface area contributed by atoms with Crippen molar-refractivity contribution < 1.29 is 19.1 Å². The Kier molecular flexibility index (Phi) is 34.3. The van der Waals surface area contributed by atoms with Crippen LogP contribution in [0.2, 0.25) is 0 Å². The summed E-state index contributed by atoms with van der Waals surface area (Å²) in [6, 6.07) is 0. The second-order valence-corrected chi connectivity index (χ2v) is 20.7. The highest BCUT2D eigenvalue weighted by molar-refractivity contribution is 5.69. The fraction of sp³-hybridized carbons (Fsp3) is 0.981. The van der Waals surface area contributed by atoms with Crippen molar-refractivity contribution in [1.29, 1.82) is 0 Å². The van der Waals surface area contributed by atoms with Crippen LogP contribution in [0.25, 0.3) is 0 Å². The second kappa shape index (κ2) is 35.9. The highest BCUT2D eigenvalue weighted by atomic mass is 16.7. The minimum Gasteiger partial charge on any atom is -0.462 e. The van der Waals surface area contributed by atoms with Gasteiger partial charge < -0.3 is 9.47 Å². The zero-order chi connectivity index (χ0) is 42.6. The van der Waals surface area contributed by atoms with Gasteiger partial charge in [0.2, 0.25) is 0 Å². The zero-order valence-electron chi connectivity index (χ0n) is 40.9. The van der Waals surface area contributed by atoms with Gasteiger partial charge in [-0.05, 0) is 54.4 Å². The molecule has 0 aromatic heterocycles. The number of piperidine rings is 1. The number of hydroxylamine groups is 2. The van der Waals surface area contributed by atoms with Gasteiger partial charge in [-0.2, -0.15) is 5.06 Å². The van der Waals surface area contributed by atoms with Gasteiger partial charge in [-0.3, -0.25) is 9.63 Å². The molecule has 1 aliphatic rings. The van der Waals surface area contributed by atoms with E-state index in [4.69, 9.17) is 14.3 Å². The molecule has 0 radical (unpaired) electrons. The topological polar surface area (TPSA) is 48.0 Å². The summed E-state index contributed by atoms with van der Waals surface area (Å²) in [5.41, 5.74) is -0.842. The fourth-order valence-corrected chi connectivity index (χ4v) is 9.46. The molecule has 1 fully saturated rings. The van der Waals surface area contributed by atoms with Crippen molar-refractivity contribution >= 4 is 5.97 Å². The van der Waals surface area contributed by atoms with E-state index >= 15 is 0 Å². The average molecular weight is 820 g/mol. The second-order valence-electron chi connectivity index (χ2n) is 20.7. The van der Waals surface area contributed by atoms with Crippen LogP contribution in [0.3, 0.4) is 0 Å². The highest BCUT2D eigenvalue weighted by Gasteiger charge is 2.48. The highest BCUT2D eigenvalue weighted by Crippen LogP contribution is 2.40. The van der Waals surface area contributed by atoms with Crippen molar-refractivity contribution in [3.63, 3.8) is 0 Å². The molecule has 0 aromatic carbocycles. The van der Waals surface area contributed by atoms with E-state index in [1.807, 2.05) is 0 Å². The third-order valence-corrected chi connectivity index (χ3v) is 12.9. The summed E-state index contributed by atoms with van der Waals surface area (Å²) in [6.45, 7) is 19.1. The normalized spacial score (nSPS) is 16.0. The van der Waals surface area contributed by atoms with Gasteiger partial charge in [-0.1, -0.05) is 226 Å². The maximum atomic E-state index is 12.9. The molecule has 0 amide bonds. The quantitative estimate of drug-likeness (QED) is 0.0453. The number of rotatable bonds is 42. The van der Waals surface area contributed by atoms with E-state index in [0.29, 0.717) is 13.0 Å². The van der Waals surface area contributed by atoms with Crippen LogP contribution in [0.15, 0.2) is 0 Å². The summed E-state index contributed by atoms with van der Waals surface area (Å²) in [5.74, 6) is -0.0263. The predicted molar refractivity (Wildman–Crippen MR) is 253 cm³/mol. The molecule has 0 atom stereocenters. The Morgan fingerprint density at radius 3 is 1.10 bits per heavy atom. The standard InChI is InChI=1S/C53H105NO4/c1-9-11-13-15-17-19-21-23-25-27-28-29-30-32-34-36-38-40-42-44-50(55)58-49-46-51(3,4)54(52(5,6)47-49)57-48-53(7,8)56-45-43-41-39-37-35-33-31-26-24-22-20-18-16-14-12-10-2/h49H,9-48H2,1-8H3. The molecule has 1 saturated heterocycles. The minimum atomic E-state index is -0.350. The molecule has 346 valence electrons. The molecule has 1 rings (SSSR count). The number of carbonyl (C=O) groups is 1. The van der Waals surface area contributed by atoms with Gasteiger partial charge in [0.05, 0.1) is 12.2 Å². The Bertz CT molecular complexity index is 898. The van der Waals surface area contributed by atoms with Crippen molar-refractivity contribution in [2.45, 2.75) is 322 Å². The number of hydrogen-bond acceptors (Lipinski definition) is 5. The van der Waals surface area contributed by atoms with E-state index in [1.54, 1.807) is 0 Å². The van der Waals surface area contributed by atoms with Gasteiger partial charge >= 0.3 is 5.97 Å². The lowest BCUT2D eigenvalue weighted by molar-refractivity contribution is -0.309. The molecule has 0 unspecified atom stereocenters. The Labute approximate surface area is 364 Å². The number of unbranched alkanes of at least 4 members (excludes halogenated alkanes) is 33. The molecule has 1 aliphatic heterocycles. The number of hydrogen-bond donors (Lipinski definition) is 0. The van der Waals surface area contributed by atoms with E-state index in [-0.39, 0.29) is 28.8 Å². The number of nitrogens with zero attached hydrogens (tertiary/aromatic N) is 1. The molecule has 0 saturated carbocycles. The largest absolute Gasteiger partial charge is 0.462 e. The summed E-state index contributed by atoms with van der Waals surface area (Å²) >= 11 is 0. The Morgan fingerprint density at radius 2 is 0.776 bits per heavy atom. The minimum absolute atomic E-state index is 0.0263. The first-order valence-electron chi connectivity index (χ1n) is 26.2. The van der Waals surface area contributed by atoms with Gasteiger partial charge in [-0.25, -0.2) is 0 Å². The number of esters is 1. The smallest absolute Gasteiger partial charge is 0.306 e. The first-order valence-corrected chi connectivity index (χ1v) is 26.2. The summed E-state index contributed by atoms with van der Waals surface area (Å²) in [4.78, 5) is 19.4.